The molecule has 0 bridgehead atoms. The van der Waals surface area contributed by atoms with Crippen molar-refractivity contribution >= 4 is 5.96 Å². The molecule has 0 atom stereocenters. The van der Waals surface area contributed by atoms with E-state index in [0.29, 0.717) is 18.9 Å². The molecule has 0 radical (unpaired) electrons. The SMILES string of the molecule is CCN1CCC(CCNC(=NC)N(C)CCOc2ccccc2F)CC1. The van der Waals surface area contributed by atoms with Crippen LogP contribution in [-0.2, 0) is 0 Å². The number of nitrogens with zero attached hydrogens (tertiary/aromatic N) is 3. The minimum atomic E-state index is -0.327. The fraction of sp³-hybridized carbons (Fsp3) is 0.650. The fourth-order valence-corrected chi connectivity index (χ4v) is 3.32. The summed E-state index contributed by atoms with van der Waals surface area (Å²) in [5.41, 5.74) is 0. The van der Waals surface area contributed by atoms with E-state index in [4.69, 9.17) is 4.74 Å². The Balaban J connectivity index is 1.65. The number of likely N-dealkylation sites (N-methyl/N-ethyl adjacent to an activating group) is 1. The molecule has 0 unspecified atom stereocenters. The molecule has 1 aliphatic rings. The molecular weight excluding hydrogens is 331 g/mol. The molecule has 5 nitrogen and oxygen atoms in total. The smallest absolute Gasteiger partial charge is 0.193 e. The summed E-state index contributed by atoms with van der Waals surface area (Å²) in [6, 6.07) is 6.48. The van der Waals surface area contributed by atoms with Gasteiger partial charge in [-0.25, -0.2) is 4.39 Å². The summed E-state index contributed by atoms with van der Waals surface area (Å²) in [6.07, 6.45) is 3.76. The second-order valence-corrected chi connectivity index (χ2v) is 6.84. The summed E-state index contributed by atoms with van der Waals surface area (Å²) >= 11 is 0. The molecule has 146 valence electrons. The van der Waals surface area contributed by atoms with Gasteiger partial charge in [0.25, 0.3) is 0 Å². The van der Waals surface area contributed by atoms with Gasteiger partial charge in [-0.2, -0.15) is 0 Å². The highest BCUT2D eigenvalue weighted by atomic mass is 19.1. The normalized spacial score (nSPS) is 16.5. The van der Waals surface area contributed by atoms with Crippen molar-refractivity contribution in [3.05, 3.63) is 30.1 Å². The van der Waals surface area contributed by atoms with Crippen LogP contribution >= 0.6 is 0 Å². The van der Waals surface area contributed by atoms with Crippen LogP contribution < -0.4 is 10.1 Å². The van der Waals surface area contributed by atoms with Crippen molar-refractivity contribution in [2.24, 2.45) is 10.9 Å². The number of aliphatic imine (C=N–C) groups is 1. The summed E-state index contributed by atoms with van der Waals surface area (Å²) in [7, 11) is 3.76. The molecule has 2 rings (SSSR count). The number of hydrogen-bond donors (Lipinski definition) is 1. The number of para-hydroxylation sites is 1. The van der Waals surface area contributed by atoms with Gasteiger partial charge in [0.15, 0.2) is 17.5 Å². The molecule has 1 fully saturated rings. The summed E-state index contributed by atoms with van der Waals surface area (Å²) < 4.78 is 19.1. The van der Waals surface area contributed by atoms with E-state index in [1.807, 2.05) is 11.9 Å². The van der Waals surface area contributed by atoms with Crippen LogP contribution in [0.25, 0.3) is 0 Å². The number of ether oxygens (including phenoxy) is 1. The van der Waals surface area contributed by atoms with Gasteiger partial charge in [0.1, 0.15) is 6.61 Å². The van der Waals surface area contributed by atoms with Crippen molar-refractivity contribution in [2.45, 2.75) is 26.2 Å². The number of rotatable bonds is 8. The lowest BCUT2D eigenvalue weighted by atomic mass is 9.93. The van der Waals surface area contributed by atoms with Gasteiger partial charge in [0, 0.05) is 20.6 Å². The Bertz CT molecular complexity index is 558. The van der Waals surface area contributed by atoms with Gasteiger partial charge in [-0.05, 0) is 56.9 Å². The maximum atomic E-state index is 13.6. The maximum absolute atomic E-state index is 13.6. The monoisotopic (exact) mass is 364 g/mol. The lowest BCUT2D eigenvalue weighted by Gasteiger charge is -2.31. The molecule has 1 heterocycles. The maximum Gasteiger partial charge on any atom is 0.193 e. The van der Waals surface area contributed by atoms with Crippen LogP contribution in [0.1, 0.15) is 26.2 Å². The van der Waals surface area contributed by atoms with Crippen LogP contribution in [0, 0.1) is 11.7 Å². The first-order valence-corrected chi connectivity index (χ1v) is 9.65. The summed E-state index contributed by atoms with van der Waals surface area (Å²) in [5.74, 6) is 1.63. The first kappa shape index (κ1) is 20.5. The molecule has 0 aliphatic carbocycles. The number of halogens is 1. The van der Waals surface area contributed by atoms with Gasteiger partial charge in [-0.1, -0.05) is 19.1 Å². The van der Waals surface area contributed by atoms with Crippen LogP contribution in [0.2, 0.25) is 0 Å². The highest BCUT2D eigenvalue weighted by Gasteiger charge is 2.17. The van der Waals surface area contributed by atoms with Crippen molar-refractivity contribution < 1.29 is 9.13 Å². The summed E-state index contributed by atoms with van der Waals surface area (Å²) in [6.45, 7) is 7.83. The van der Waals surface area contributed by atoms with E-state index in [-0.39, 0.29) is 5.82 Å². The predicted octanol–water partition coefficient (Wildman–Crippen LogP) is 2.83. The molecule has 1 aromatic rings. The standard InChI is InChI=1S/C20H33FN4O/c1-4-25-13-10-17(11-14-25)9-12-23-20(22-2)24(3)15-16-26-19-8-6-5-7-18(19)21/h5-8,17H,4,9-16H2,1-3H3,(H,22,23). The number of piperidine rings is 1. The zero-order valence-electron chi connectivity index (χ0n) is 16.4. The number of likely N-dealkylation sites (tertiary alicyclic amines) is 1. The van der Waals surface area contributed by atoms with Gasteiger partial charge in [-0.15, -0.1) is 0 Å². The predicted molar refractivity (Wildman–Crippen MR) is 105 cm³/mol. The molecule has 1 aliphatic heterocycles. The molecule has 0 aromatic heterocycles. The first-order valence-electron chi connectivity index (χ1n) is 9.65. The van der Waals surface area contributed by atoms with Crippen molar-refractivity contribution in [1.29, 1.82) is 0 Å². The average molecular weight is 365 g/mol. The second-order valence-electron chi connectivity index (χ2n) is 6.84. The average Bonchev–Trinajstić information content (AvgIpc) is 2.67. The topological polar surface area (TPSA) is 40.1 Å². The molecule has 1 saturated heterocycles. The Morgan fingerprint density at radius 1 is 1.35 bits per heavy atom. The highest BCUT2D eigenvalue weighted by molar-refractivity contribution is 5.79. The number of benzene rings is 1. The van der Waals surface area contributed by atoms with Gasteiger partial charge in [-0.3, -0.25) is 4.99 Å². The molecule has 26 heavy (non-hydrogen) atoms. The molecule has 0 saturated carbocycles. The molecule has 1 N–H and O–H groups in total. The molecule has 6 heteroatoms. The van der Waals surface area contributed by atoms with E-state index in [9.17, 15) is 4.39 Å². The Kier molecular flexibility index (Phi) is 8.68. The largest absolute Gasteiger partial charge is 0.489 e. The summed E-state index contributed by atoms with van der Waals surface area (Å²) in [5, 5.41) is 3.43. The molecule has 1 aromatic carbocycles. The van der Waals surface area contributed by atoms with Gasteiger partial charge >= 0.3 is 0 Å². The van der Waals surface area contributed by atoms with E-state index in [2.05, 4.69) is 22.1 Å². The van der Waals surface area contributed by atoms with Crippen LogP contribution in [0.15, 0.2) is 29.3 Å². The van der Waals surface area contributed by atoms with Crippen LogP contribution in [0.5, 0.6) is 5.75 Å². The van der Waals surface area contributed by atoms with E-state index in [0.717, 1.165) is 25.0 Å². The Morgan fingerprint density at radius 3 is 2.73 bits per heavy atom. The van der Waals surface area contributed by atoms with Crippen LogP contribution in [-0.4, -0.2) is 69.2 Å². The Morgan fingerprint density at radius 2 is 2.08 bits per heavy atom. The van der Waals surface area contributed by atoms with Crippen molar-refractivity contribution in [3.63, 3.8) is 0 Å². The van der Waals surface area contributed by atoms with E-state index >= 15 is 0 Å². The molecule has 0 amide bonds. The number of nitrogens with one attached hydrogen (secondary N) is 1. The highest BCUT2D eigenvalue weighted by Crippen LogP contribution is 2.19. The first-order chi connectivity index (χ1) is 12.6. The second kappa shape index (κ2) is 11.0. The Hall–Kier alpha value is -1.82. The van der Waals surface area contributed by atoms with Crippen molar-refractivity contribution in [2.75, 3.05) is 53.4 Å². The zero-order valence-corrected chi connectivity index (χ0v) is 16.4. The minimum Gasteiger partial charge on any atom is -0.489 e. The van der Waals surface area contributed by atoms with E-state index < -0.39 is 0 Å². The van der Waals surface area contributed by atoms with Gasteiger partial charge in [0.05, 0.1) is 6.54 Å². The van der Waals surface area contributed by atoms with E-state index in [1.54, 1.807) is 25.2 Å². The molecular formula is C20H33FN4O. The van der Waals surface area contributed by atoms with Crippen molar-refractivity contribution in [1.82, 2.24) is 15.1 Å². The lowest BCUT2D eigenvalue weighted by molar-refractivity contribution is 0.187. The van der Waals surface area contributed by atoms with Crippen LogP contribution in [0.3, 0.4) is 0 Å². The van der Waals surface area contributed by atoms with Crippen molar-refractivity contribution in [3.8, 4) is 5.75 Å². The number of hydrogen-bond acceptors (Lipinski definition) is 3. The van der Waals surface area contributed by atoms with E-state index in [1.165, 1.54) is 38.4 Å². The third-order valence-electron chi connectivity index (χ3n) is 5.08. The third-order valence-corrected chi connectivity index (χ3v) is 5.08. The van der Waals surface area contributed by atoms with Crippen LogP contribution in [0.4, 0.5) is 4.39 Å². The third kappa shape index (κ3) is 6.48. The van der Waals surface area contributed by atoms with Gasteiger partial charge in [0.2, 0.25) is 0 Å². The molecule has 0 spiro atoms. The summed E-state index contributed by atoms with van der Waals surface area (Å²) in [4.78, 5) is 8.87. The quantitative estimate of drug-likeness (QED) is 0.569. The zero-order chi connectivity index (χ0) is 18.8. The fourth-order valence-electron chi connectivity index (χ4n) is 3.32. The lowest BCUT2D eigenvalue weighted by Crippen LogP contribution is -2.42. The van der Waals surface area contributed by atoms with Gasteiger partial charge < -0.3 is 19.9 Å². The number of guanidine groups is 1. The Labute approximate surface area is 157 Å². The minimum absolute atomic E-state index is 0.294.